The molecule has 0 aliphatic carbocycles. The molecule has 4 heteroatoms. The van der Waals surface area contributed by atoms with Gasteiger partial charge < -0.3 is 5.32 Å². The summed E-state index contributed by atoms with van der Waals surface area (Å²) in [5.41, 5.74) is 0. The van der Waals surface area contributed by atoms with Crippen LogP contribution in [0.2, 0.25) is 4.34 Å². The van der Waals surface area contributed by atoms with E-state index in [2.05, 4.69) is 44.1 Å². The normalized spacial score (nSPS) is 13.6. The van der Waals surface area contributed by atoms with E-state index in [1.165, 1.54) is 11.3 Å². The van der Waals surface area contributed by atoms with Gasteiger partial charge >= 0.3 is 0 Å². The van der Waals surface area contributed by atoms with E-state index in [0.717, 1.165) is 17.4 Å². The molecule has 1 atom stereocenters. The number of nitrogens with one attached hydrogen (secondary N) is 1. The highest BCUT2D eigenvalue weighted by Crippen LogP contribution is 2.23. The van der Waals surface area contributed by atoms with Gasteiger partial charge in [0.05, 0.1) is 4.34 Å². The van der Waals surface area contributed by atoms with Crippen molar-refractivity contribution in [1.29, 1.82) is 0 Å². The Morgan fingerprint density at radius 1 is 1.35 bits per heavy atom. The van der Waals surface area contributed by atoms with E-state index in [9.17, 15) is 0 Å². The Kier molecular flexibility index (Phi) is 6.49. The minimum Gasteiger partial charge on any atom is -0.314 e. The molecule has 1 N–H and O–H groups in total. The highest BCUT2D eigenvalue weighted by atomic mass is 35.5. The molecule has 1 rings (SSSR count). The fourth-order valence-electron chi connectivity index (χ4n) is 1.64. The summed E-state index contributed by atoms with van der Waals surface area (Å²) >= 11 is 7.60. The summed E-state index contributed by atoms with van der Waals surface area (Å²) in [7, 11) is 2.17. The molecule has 0 spiro atoms. The number of halogens is 1. The summed E-state index contributed by atoms with van der Waals surface area (Å²) in [6.07, 6.45) is 1.17. The number of hydrogen-bond acceptors (Lipinski definition) is 3. The fraction of sp³-hybridized carbons (Fsp3) is 0.692. The van der Waals surface area contributed by atoms with Crippen LogP contribution >= 0.6 is 22.9 Å². The number of hydrogen-bond donors (Lipinski definition) is 1. The minimum atomic E-state index is 0.573. The van der Waals surface area contributed by atoms with Crippen LogP contribution in [0.1, 0.15) is 32.1 Å². The van der Waals surface area contributed by atoms with Gasteiger partial charge in [-0.05, 0) is 39.1 Å². The lowest BCUT2D eigenvalue weighted by Gasteiger charge is -2.24. The molecule has 1 aromatic rings. The van der Waals surface area contributed by atoms with Crippen LogP contribution < -0.4 is 5.32 Å². The van der Waals surface area contributed by atoms with Gasteiger partial charge in [-0.1, -0.05) is 25.4 Å². The first-order chi connectivity index (χ1) is 7.99. The van der Waals surface area contributed by atoms with Crippen LogP contribution in [0.25, 0.3) is 0 Å². The molecule has 0 fully saturated rings. The smallest absolute Gasteiger partial charge is 0.0931 e. The summed E-state index contributed by atoms with van der Waals surface area (Å²) < 4.78 is 0.877. The maximum Gasteiger partial charge on any atom is 0.0931 e. The lowest BCUT2D eigenvalue weighted by molar-refractivity contribution is 0.237. The van der Waals surface area contributed by atoms with Crippen LogP contribution in [-0.4, -0.2) is 30.6 Å². The van der Waals surface area contributed by atoms with Gasteiger partial charge in [-0.2, -0.15) is 0 Å². The van der Waals surface area contributed by atoms with Crippen molar-refractivity contribution in [1.82, 2.24) is 10.2 Å². The Bertz CT molecular complexity index is 325. The lowest BCUT2D eigenvalue weighted by atomic mass is 10.2. The van der Waals surface area contributed by atoms with Gasteiger partial charge in [-0.25, -0.2) is 0 Å². The van der Waals surface area contributed by atoms with Gasteiger partial charge in [-0.15, -0.1) is 11.3 Å². The first-order valence-corrected chi connectivity index (χ1v) is 7.36. The Morgan fingerprint density at radius 3 is 2.59 bits per heavy atom. The van der Waals surface area contributed by atoms with Crippen molar-refractivity contribution in [2.24, 2.45) is 0 Å². The molecule has 98 valence electrons. The zero-order valence-electron chi connectivity index (χ0n) is 11.2. The van der Waals surface area contributed by atoms with Crippen LogP contribution in [0, 0.1) is 0 Å². The van der Waals surface area contributed by atoms with E-state index < -0.39 is 0 Å². The zero-order valence-corrected chi connectivity index (χ0v) is 12.7. The second kappa shape index (κ2) is 7.37. The Balaban J connectivity index is 2.29. The van der Waals surface area contributed by atoms with Gasteiger partial charge in [0.15, 0.2) is 0 Å². The lowest BCUT2D eigenvalue weighted by Crippen LogP contribution is -2.33. The maximum atomic E-state index is 5.93. The molecule has 17 heavy (non-hydrogen) atoms. The molecule has 0 aliphatic rings. The van der Waals surface area contributed by atoms with Crippen molar-refractivity contribution in [3.05, 3.63) is 21.3 Å². The molecule has 2 nitrogen and oxygen atoms in total. The van der Waals surface area contributed by atoms with Gasteiger partial charge in [0, 0.05) is 23.5 Å². The third-order valence-corrected chi connectivity index (χ3v) is 4.12. The molecular weight excluding hydrogens is 252 g/mol. The van der Waals surface area contributed by atoms with Crippen molar-refractivity contribution >= 4 is 22.9 Å². The molecule has 0 aromatic carbocycles. The van der Waals surface area contributed by atoms with Gasteiger partial charge in [0.2, 0.25) is 0 Å². The SMILES string of the molecule is CC(C)NCCC(C)N(C)Cc1ccc(Cl)s1. The summed E-state index contributed by atoms with van der Waals surface area (Å²) in [6, 6.07) is 5.24. The Morgan fingerprint density at radius 2 is 2.06 bits per heavy atom. The standard InChI is InChI=1S/C13H23ClN2S/c1-10(2)15-8-7-11(3)16(4)9-12-5-6-13(14)17-12/h5-6,10-11,15H,7-9H2,1-4H3. The van der Waals surface area contributed by atoms with Crippen molar-refractivity contribution in [2.75, 3.05) is 13.6 Å². The van der Waals surface area contributed by atoms with Gasteiger partial charge in [-0.3, -0.25) is 4.90 Å². The second-order valence-electron chi connectivity index (χ2n) is 4.87. The maximum absolute atomic E-state index is 5.93. The molecule has 0 radical (unpaired) electrons. The molecule has 0 saturated heterocycles. The van der Waals surface area contributed by atoms with Gasteiger partial charge in [0.1, 0.15) is 0 Å². The molecule has 1 heterocycles. The quantitative estimate of drug-likeness (QED) is 0.817. The third-order valence-electron chi connectivity index (χ3n) is 2.90. The van der Waals surface area contributed by atoms with E-state index in [1.807, 2.05) is 6.07 Å². The molecule has 0 aliphatic heterocycles. The highest BCUT2D eigenvalue weighted by molar-refractivity contribution is 7.16. The number of thiophene rings is 1. The molecule has 0 amide bonds. The van der Waals surface area contributed by atoms with Crippen molar-refractivity contribution < 1.29 is 0 Å². The molecule has 1 unspecified atom stereocenters. The van der Waals surface area contributed by atoms with E-state index in [-0.39, 0.29) is 0 Å². The first-order valence-electron chi connectivity index (χ1n) is 6.17. The van der Waals surface area contributed by atoms with Gasteiger partial charge in [0.25, 0.3) is 0 Å². The van der Waals surface area contributed by atoms with E-state index in [1.54, 1.807) is 11.3 Å². The summed E-state index contributed by atoms with van der Waals surface area (Å²) in [5, 5.41) is 3.45. The zero-order chi connectivity index (χ0) is 12.8. The predicted molar refractivity (Wildman–Crippen MR) is 78.0 cm³/mol. The van der Waals surface area contributed by atoms with Crippen LogP contribution in [0.3, 0.4) is 0 Å². The van der Waals surface area contributed by atoms with Crippen LogP contribution in [-0.2, 0) is 6.54 Å². The number of nitrogens with zero attached hydrogens (tertiary/aromatic N) is 1. The summed E-state index contributed by atoms with van der Waals surface area (Å²) in [4.78, 5) is 3.71. The van der Waals surface area contributed by atoms with Crippen LogP contribution in [0.15, 0.2) is 12.1 Å². The third kappa shape index (κ3) is 5.87. The van der Waals surface area contributed by atoms with E-state index in [4.69, 9.17) is 11.6 Å². The monoisotopic (exact) mass is 274 g/mol. The molecular formula is C13H23ClN2S. The Labute approximate surface area is 114 Å². The first kappa shape index (κ1) is 15.0. The largest absolute Gasteiger partial charge is 0.314 e. The minimum absolute atomic E-state index is 0.573. The second-order valence-corrected chi connectivity index (χ2v) is 6.67. The molecule has 0 bridgehead atoms. The van der Waals surface area contributed by atoms with Crippen LogP contribution in [0.4, 0.5) is 0 Å². The van der Waals surface area contributed by atoms with Crippen molar-refractivity contribution in [3.63, 3.8) is 0 Å². The van der Waals surface area contributed by atoms with E-state index >= 15 is 0 Å². The highest BCUT2D eigenvalue weighted by Gasteiger charge is 2.10. The van der Waals surface area contributed by atoms with Crippen molar-refractivity contribution in [2.45, 2.75) is 45.8 Å². The summed E-state index contributed by atoms with van der Waals surface area (Å²) in [6.45, 7) is 8.70. The van der Waals surface area contributed by atoms with Crippen molar-refractivity contribution in [3.8, 4) is 0 Å². The van der Waals surface area contributed by atoms with Crippen LogP contribution in [0.5, 0.6) is 0 Å². The number of rotatable bonds is 7. The predicted octanol–water partition coefficient (Wildman–Crippen LogP) is 3.61. The molecule has 1 aromatic heterocycles. The Hall–Kier alpha value is -0.0900. The molecule has 0 saturated carbocycles. The van der Waals surface area contributed by atoms with E-state index in [0.29, 0.717) is 12.1 Å². The average molecular weight is 275 g/mol. The summed E-state index contributed by atoms with van der Waals surface area (Å²) in [5.74, 6) is 0. The topological polar surface area (TPSA) is 15.3 Å². The fourth-order valence-corrected chi connectivity index (χ4v) is 2.79. The average Bonchev–Trinajstić information content (AvgIpc) is 2.63.